The topological polar surface area (TPSA) is 136 Å². The van der Waals surface area contributed by atoms with Crippen LogP contribution in [0.5, 0.6) is 0 Å². The van der Waals surface area contributed by atoms with Crippen molar-refractivity contribution in [1.82, 2.24) is 25.1 Å². The van der Waals surface area contributed by atoms with Crippen LogP contribution in [0.2, 0.25) is 0 Å². The van der Waals surface area contributed by atoms with Crippen LogP contribution in [0.25, 0.3) is 6.08 Å². The molecule has 10 nitrogen and oxygen atoms in total. The van der Waals surface area contributed by atoms with Crippen molar-refractivity contribution in [2.24, 2.45) is 5.10 Å². The Hall–Kier alpha value is -3.68. The number of carbonyl (C=O) groups is 1. The van der Waals surface area contributed by atoms with Gasteiger partial charge in [0.05, 0.1) is 11.5 Å². The highest BCUT2D eigenvalue weighted by molar-refractivity contribution is 8.00. The molecule has 0 radical (unpaired) electrons. The maximum atomic E-state index is 12.4. The number of anilines is 2. The molecule has 13 heteroatoms. The van der Waals surface area contributed by atoms with Crippen LogP contribution >= 0.6 is 34.9 Å². The van der Waals surface area contributed by atoms with Crippen molar-refractivity contribution in [3.05, 3.63) is 77.9 Å². The third kappa shape index (κ3) is 7.66. The summed E-state index contributed by atoms with van der Waals surface area (Å²) in [7, 11) is 0. The normalized spacial score (nSPS) is 11.6. The minimum atomic E-state index is -0.242. The van der Waals surface area contributed by atoms with Gasteiger partial charge >= 0.3 is 0 Å². The van der Waals surface area contributed by atoms with Gasteiger partial charge in [0.25, 0.3) is 5.95 Å². The van der Waals surface area contributed by atoms with Crippen LogP contribution < -0.4 is 16.6 Å². The van der Waals surface area contributed by atoms with E-state index in [1.165, 1.54) is 21.6 Å². The van der Waals surface area contributed by atoms with Gasteiger partial charge in [0, 0.05) is 5.75 Å². The van der Waals surface area contributed by atoms with Crippen molar-refractivity contribution in [3.8, 4) is 0 Å². The van der Waals surface area contributed by atoms with E-state index in [2.05, 4.69) is 48.4 Å². The molecule has 0 unspecified atom stereocenters. The smallest absolute Gasteiger partial charge is 0.264 e. The summed E-state index contributed by atoms with van der Waals surface area (Å²) in [6, 6.07) is 20.0. The second kappa shape index (κ2) is 12.9. The van der Waals surface area contributed by atoms with Gasteiger partial charge < -0.3 is 5.84 Å². The monoisotopic (exact) mass is 537 g/mol. The molecule has 2 aromatic carbocycles. The molecule has 2 aromatic heterocycles. The first-order valence-electron chi connectivity index (χ1n) is 10.7. The van der Waals surface area contributed by atoms with E-state index in [9.17, 15) is 4.79 Å². The van der Waals surface area contributed by atoms with Crippen LogP contribution in [0.1, 0.15) is 18.1 Å². The van der Waals surface area contributed by atoms with Gasteiger partial charge in [-0.05, 0) is 24.1 Å². The molecule has 0 saturated carbocycles. The SMILES string of the molecule is CC(/C=C/c1ccccc1)=N\Nc1nnc(SCC(=O)Nc2nnc(SCc3ccccc3)s2)n1N. The lowest BCUT2D eigenvalue weighted by atomic mass is 10.2. The molecule has 0 saturated heterocycles. The fourth-order valence-corrected chi connectivity index (χ4v) is 5.11. The summed E-state index contributed by atoms with van der Waals surface area (Å²) in [5.41, 5.74) is 5.79. The quantitative estimate of drug-likeness (QED) is 0.0837. The zero-order chi connectivity index (χ0) is 25.2. The Morgan fingerprint density at radius 1 is 1.06 bits per heavy atom. The molecule has 1 amide bonds. The minimum Gasteiger partial charge on any atom is -0.334 e. The highest BCUT2D eigenvalue weighted by atomic mass is 32.2. The number of allylic oxidation sites excluding steroid dienone is 1. The summed E-state index contributed by atoms with van der Waals surface area (Å²) < 4.78 is 2.03. The van der Waals surface area contributed by atoms with Gasteiger partial charge in [0.1, 0.15) is 0 Å². The number of rotatable bonds is 11. The van der Waals surface area contributed by atoms with Crippen molar-refractivity contribution in [3.63, 3.8) is 0 Å². The zero-order valence-corrected chi connectivity index (χ0v) is 21.7. The molecule has 0 spiro atoms. The first-order valence-corrected chi connectivity index (χ1v) is 13.5. The number of aromatic nitrogens is 5. The number of thioether (sulfide) groups is 2. The Morgan fingerprint density at radius 3 is 2.58 bits per heavy atom. The van der Waals surface area contributed by atoms with Gasteiger partial charge in [-0.1, -0.05) is 102 Å². The van der Waals surface area contributed by atoms with Crippen LogP contribution in [0, 0.1) is 0 Å². The molecule has 36 heavy (non-hydrogen) atoms. The van der Waals surface area contributed by atoms with E-state index in [-0.39, 0.29) is 17.6 Å². The van der Waals surface area contributed by atoms with Crippen LogP contribution in [-0.4, -0.2) is 42.4 Å². The maximum Gasteiger partial charge on any atom is 0.264 e. The molecule has 0 atom stereocenters. The largest absolute Gasteiger partial charge is 0.334 e. The molecule has 2 heterocycles. The number of hydrazone groups is 1. The lowest BCUT2D eigenvalue weighted by Gasteiger charge is -2.03. The van der Waals surface area contributed by atoms with E-state index in [1.54, 1.807) is 11.8 Å². The van der Waals surface area contributed by atoms with Crippen LogP contribution in [0.3, 0.4) is 0 Å². The Balaban J connectivity index is 1.23. The van der Waals surface area contributed by atoms with Crippen molar-refractivity contribution >= 4 is 63.6 Å². The highest BCUT2D eigenvalue weighted by Gasteiger charge is 2.14. The van der Waals surface area contributed by atoms with Crippen LogP contribution in [0.4, 0.5) is 11.1 Å². The number of nitrogen functional groups attached to an aromatic ring is 1. The number of carbonyl (C=O) groups excluding carboxylic acids is 1. The van der Waals surface area contributed by atoms with Crippen LogP contribution in [-0.2, 0) is 10.5 Å². The van der Waals surface area contributed by atoms with E-state index in [0.717, 1.165) is 33.1 Å². The molecular formula is C23H23N9OS3. The van der Waals surface area contributed by atoms with E-state index >= 15 is 0 Å². The summed E-state index contributed by atoms with van der Waals surface area (Å²) in [6.07, 6.45) is 3.83. The molecule has 4 aromatic rings. The molecule has 0 aliphatic heterocycles. The number of benzene rings is 2. The second-order valence-electron chi connectivity index (χ2n) is 7.27. The Labute approximate surface area is 220 Å². The molecule has 0 aliphatic carbocycles. The Kier molecular flexibility index (Phi) is 9.08. The average Bonchev–Trinajstić information content (AvgIpc) is 3.50. The first-order chi connectivity index (χ1) is 17.6. The van der Waals surface area contributed by atoms with Gasteiger partial charge in [-0.25, -0.2) is 10.1 Å². The highest BCUT2D eigenvalue weighted by Crippen LogP contribution is 2.28. The summed E-state index contributed by atoms with van der Waals surface area (Å²) in [5, 5.41) is 24.0. The number of hydrogen-bond acceptors (Lipinski definition) is 11. The van der Waals surface area contributed by atoms with Crippen molar-refractivity contribution in [2.75, 3.05) is 22.3 Å². The number of amides is 1. The molecule has 0 bridgehead atoms. The van der Waals surface area contributed by atoms with E-state index in [1.807, 2.05) is 67.6 Å². The maximum absolute atomic E-state index is 12.4. The first kappa shape index (κ1) is 25.4. The summed E-state index contributed by atoms with van der Waals surface area (Å²) in [5.74, 6) is 6.93. The lowest BCUT2D eigenvalue weighted by Crippen LogP contribution is -2.17. The Morgan fingerprint density at radius 2 is 1.81 bits per heavy atom. The molecule has 0 aliphatic rings. The average molecular weight is 538 g/mol. The number of hydrogen-bond donors (Lipinski definition) is 3. The third-order valence-corrected chi connectivity index (χ3v) is 7.49. The van der Waals surface area contributed by atoms with E-state index < -0.39 is 0 Å². The Bertz CT molecular complexity index is 1340. The number of nitrogens with one attached hydrogen (secondary N) is 2. The predicted molar refractivity (Wildman–Crippen MR) is 148 cm³/mol. The van der Waals surface area contributed by atoms with Gasteiger partial charge in [-0.2, -0.15) is 5.10 Å². The van der Waals surface area contributed by atoms with Gasteiger partial charge in [0.15, 0.2) is 4.34 Å². The van der Waals surface area contributed by atoms with Crippen molar-refractivity contribution in [2.45, 2.75) is 22.2 Å². The van der Waals surface area contributed by atoms with Gasteiger partial charge in [0.2, 0.25) is 16.2 Å². The van der Waals surface area contributed by atoms with Crippen molar-refractivity contribution in [1.29, 1.82) is 0 Å². The number of nitrogens with two attached hydrogens (primary N) is 1. The van der Waals surface area contributed by atoms with E-state index in [0.29, 0.717) is 10.3 Å². The van der Waals surface area contributed by atoms with Crippen LogP contribution in [0.15, 0.2) is 81.3 Å². The van der Waals surface area contributed by atoms with Gasteiger partial charge in [-0.3, -0.25) is 10.1 Å². The summed E-state index contributed by atoms with van der Waals surface area (Å²) >= 11 is 4.06. The minimum absolute atomic E-state index is 0.0868. The summed E-state index contributed by atoms with van der Waals surface area (Å²) in [6.45, 7) is 1.85. The lowest BCUT2D eigenvalue weighted by molar-refractivity contribution is -0.113. The fraction of sp³-hybridized carbons (Fsp3) is 0.130. The molecular weight excluding hydrogens is 515 g/mol. The van der Waals surface area contributed by atoms with E-state index in [4.69, 9.17) is 5.84 Å². The standard InChI is InChI=1S/C23H23N9OS3/c1-16(12-13-17-8-4-2-5-9-17)26-27-20-28-30-22(32(20)24)34-15-19(33)25-21-29-31-23(36-21)35-14-18-10-6-3-7-11-18/h2-13H,14-15,24H2,1H3,(H,27,28)(H,25,29,33)/b13-12+,26-16+. The zero-order valence-electron chi connectivity index (χ0n) is 19.2. The molecule has 4 N–H and O–H groups in total. The predicted octanol–water partition coefficient (Wildman–Crippen LogP) is 4.37. The number of nitrogens with zero attached hydrogens (tertiary/aromatic N) is 6. The molecule has 184 valence electrons. The molecule has 4 rings (SSSR count). The second-order valence-corrected chi connectivity index (χ2v) is 10.4. The fourth-order valence-electron chi connectivity index (χ4n) is 2.73. The molecule has 0 fully saturated rings. The van der Waals surface area contributed by atoms with Gasteiger partial charge in [-0.15, -0.1) is 20.4 Å². The summed E-state index contributed by atoms with van der Waals surface area (Å²) in [4.78, 5) is 12.4. The van der Waals surface area contributed by atoms with Crippen molar-refractivity contribution < 1.29 is 4.79 Å². The third-order valence-electron chi connectivity index (χ3n) is 4.50.